The average molecular weight is 273 g/mol. The molecule has 0 aromatic carbocycles. The van der Waals surface area contributed by atoms with Crippen molar-refractivity contribution in [1.29, 1.82) is 5.26 Å². The molecule has 0 atom stereocenters. The molecule has 0 aliphatic carbocycles. The van der Waals surface area contributed by atoms with E-state index in [1.165, 1.54) is 0 Å². The fourth-order valence-electron chi connectivity index (χ4n) is 1.54. The second kappa shape index (κ2) is 8.70. The summed E-state index contributed by atoms with van der Waals surface area (Å²) in [4.78, 5) is 16.0. The molecule has 1 heterocycles. The van der Waals surface area contributed by atoms with Gasteiger partial charge in [-0.25, -0.2) is 4.98 Å². The Morgan fingerprint density at radius 2 is 2.40 bits per heavy atom. The van der Waals surface area contributed by atoms with Crippen LogP contribution in [0.1, 0.15) is 33.1 Å². The van der Waals surface area contributed by atoms with Crippen molar-refractivity contribution in [2.75, 3.05) is 11.9 Å². The second-order valence-electron chi connectivity index (χ2n) is 4.21. The van der Waals surface area contributed by atoms with Crippen LogP contribution in [0.15, 0.2) is 30.0 Å². The number of amides is 1. The Balaban J connectivity index is 2.68. The van der Waals surface area contributed by atoms with E-state index < -0.39 is 0 Å². The maximum atomic E-state index is 11.9. The van der Waals surface area contributed by atoms with Gasteiger partial charge >= 0.3 is 0 Å². The number of aromatic nitrogens is 1. The van der Waals surface area contributed by atoms with Crippen LogP contribution in [-0.2, 0) is 4.79 Å². The molecule has 0 saturated heterocycles. The summed E-state index contributed by atoms with van der Waals surface area (Å²) in [5.41, 5.74) is 0.647. The van der Waals surface area contributed by atoms with Crippen LogP contribution < -0.4 is 10.1 Å². The molecule has 0 unspecified atom stereocenters. The highest BCUT2D eigenvalue weighted by molar-refractivity contribution is 6.03. The normalized spacial score (nSPS) is 10.8. The Labute approximate surface area is 119 Å². The molecule has 5 heteroatoms. The van der Waals surface area contributed by atoms with Crippen LogP contribution in [0.5, 0.6) is 5.75 Å². The molecule has 1 rings (SSSR count). The highest BCUT2D eigenvalue weighted by Crippen LogP contribution is 2.21. The highest BCUT2D eigenvalue weighted by atomic mass is 16.5. The van der Waals surface area contributed by atoms with Crippen molar-refractivity contribution in [2.24, 2.45) is 0 Å². The third-order valence-corrected chi connectivity index (χ3v) is 2.56. The standard InChI is InChI=1S/C15H19N3O2/c1-3-7-12(2)15(19)18-14-13(8-6-10-17-14)20-11-5-4-9-16/h6-8,10H,3-5,11H2,1-2H3,(H,17,18,19). The fourth-order valence-corrected chi connectivity index (χ4v) is 1.54. The zero-order valence-corrected chi connectivity index (χ0v) is 11.8. The average Bonchev–Trinajstić information content (AvgIpc) is 2.45. The molecule has 1 amide bonds. The molecule has 0 radical (unpaired) electrons. The van der Waals surface area contributed by atoms with Crippen LogP contribution in [0, 0.1) is 11.3 Å². The number of carbonyl (C=O) groups excluding carboxylic acids is 1. The number of pyridine rings is 1. The van der Waals surface area contributed by atoms with Crippen LogP contribution in [-0.4, -0.2) is 17.5 Å². The van der Waals surface area contributed by atoms with Gasteiger partial charge in [0, 0.05) is 18.2 Å². The number of unbranched alkanes of at least 4 members (excludes halogenated alkanes) is 1. The highest BCUT2D eigenvalue weighted by Gasteiger charge is 2.10. The van der Waals surface area contributed by atoms with Crippen LogP contribution >= 0.6 is 0 Å². The van der Waals surface area contributed by atoms with E-state index in [-0.39, 0.29) is 5.91 Å². The van der Waals surface area contributed by atoms with E-state index in [2.05, 4.69) is 16.4 Å². The summed E-state index contributed by atoms with van der Waals surface area (Å²) in [7, 11) is 0. The van der Waals surface area contributed by atoms with E-state index in [4.69, 9.17) is 10.00 Å². The Kier molecular flexibility index (Phi) is 6.83. The quantitative estimate of drug-likeness (QED) is 0.612. The summed E-state index contributed by atoms with van der Waals surface area (Å²) in [5.74, 6) is 0.730. The van der Waals surface area contributed by atoms with E-state index in [0.29, 0.717) is 36.6 Å². The number of anilines is 1. The number of allylic oxidation sites excluding steroid dienone is 1. The predicted molar refractivity (Wildman–Crippen MR) is 77.3 cm³/mol. The lowest BCUT2D eigenvalue weighted by Gasteiger charge is -2.11. The number of nitriles is 1. The first-order chi connectivity index (χ1) is 9.69. The first-order valence-corrected chi connectivity index (χ1v) is 6.62. The van der Waals surface area contributed by atoms with Gasteiger partial charge in [-0.2, -0.15) is 5.26 Å². The number of carbonyl (C=O) groups is 1. The lowest BCUT2D eigenvalue weighted by molar-refractivity contribution is -0.112. The monoisotopic (exact) mass is 273 g/mol. The number of hydrogen-bond donors (Lipinski definition) is 1. The Bertz CT molecular complexity index is 518. The van der Waals surface area contributed by atoms with E-state index >= 15 is 0 Å². The number of hydrogen-bond acceptors (Lipinski definition) is 4. The number of ether oxygens (including phenoxy) is 1. The first-order valence-electron chi connectivity index (χ1n) is 6.62. The third kappa shape index (κ3) is 5.11. The van der Waals surface area contributed by atoms with Gasteiger partial charge < -0.3 is 10.1 Å². The number of nitrogens with one attached hydrogen (secondary N) is 1. The van der Waals surface area contributed by atoms with E-state index in [0.717, 1.165) is 6.42 Å². The van der Waals surface area contributed by atoms with Gasteiger partial charge in [0.15, 0.2) is 11.6 Å². The Morgan fingerprint density at radius 1 is 1.60 bits per heavy atom. The van der Waals surface area contributed by atoms with Gasteiger partial charge in [-0.1, -0.05) is 13.0 Å². The minimum absolute atomic E-state index is 0.188. The van der Waals surface area contributed by atoms with Gasteiger partial charge in [0.1, 0.15) is 0 Å². The van der Waals surface area contributed by atoms with E-state index in [1.54, 1.807) is 25.3 Å². The van der Waals surface area contributed by atoms with Gasteiger partial charge in [0.2, 0.25) is 0 Å². The molecule has 0 bridgehead atoms. The molecule has 0 aliphatic rings. The van der Waals surface area contributed by atoms with Crippen molar-refractivity contribution in [2.45, 2.75) is 33.1 Å². The van der Waals surface area contributed by atoms with Crippen LogP contribution in [0.4, 0.5) is 5.82 Å². The molecule has 20 heavy (non-hydrogen) atoms. The van der Waals surface area contributed by atoms with Gasteiger partial charge in [0.05, 0.1) is 12.7 Å². The molecular formula is C15H19N3O2. The summed E-state index contributed by atoms with van der Waals surface area (Å²) in [6, 6.07) is 5.54. The second-order valence-corrected chi connectivity index (χ2v) is 4.21. The lowest BCUT2D eigenvalue weighted by Crippen LogP contribution is -2.15. The molecule has 0 spiro atoms. The molecule has 0 saturated carbocycles. The minimum atomic E-state index is -0.188. The van der Waals surface area contributed by atoms with Crippen molar-refractivity contribution < 1.29 is 9.53 Å². The SMILES string of the molecule is CCC=C(C)C(=O)Nc1ncccc1OCCCC#N. The Morgan fingerprint density at radius 3 is 3.10 bits per heavy atom. The zero-order chi connectivity index (χ0) is 14.8. The van der Waals surface area contributed by atoms with Crippen LogP contribution in [0.2, 0.25) is 0 Å². The zero-order valence-electron chi connectivity index (χ0n) is 11.8. The van der Waals surface area contributed by atoms with Gasteiger partial charge in [0.25, 0.3) is 5.91 Å². The molecule has 0 fully saturated rings. The maximum absolute atomic E-state index is 11.9. The van der Waals surface area contributed by atoms with Gasteiger partial charge in [-0.3, -0.25) is 4.79 Å². The van der Waals surface area contributed by atoms with Crippen molar-refractivity contribution in [3.8, 4) is 11.8 Å². The van der Waals surface area contributed by atoms with E-state index in [9.17, 15) is 4.79 Å². The number of nitrogens with zero attached hydrogens (tertiary/aromatic N) is 2. The maximum Gasteiger partial charge on any atom is 0.252 e. The predicted octanol–water partition coefficient (Wildman–Crippen LogP) is 3.06. The summed E-state index contributed by atoms with van der Waals surface area (Å²) in [5, 5.41) is 11.2. The molecule has 0 aliphatic heterocycles. The van der Waals surface area contributed by atoms with Gasteiger partial charge in [-0.15, -0.1) is 0 Å². The van der Waals surface area contributed by atoms with Crippen molar-refractivity contribution in [1.82, 2.24) is 4.98 Å². The largest absolute Gasteiger partial charge is 0.490 e. The molecule has 1 aromatic rings. The minimum Gasteiger partial charge on any atom is -0.490 e. The lowest BCUT2D eigenvalue weighted by atomic mass is 10.2. The Hall–Kier alpha value is -2.35. The van der Waals surface area contributed by atoms with Crippen molar-refractivity contribution >= 4 is 11.7 Å². The first kappa shape index (κ1) is 15.7. The topological polar surface area (TPSA) is 75.0 Å². The fraction of sp³-hybridized carbons (Fsp3) is 0.400. The molecule has 1 aromatic heterocycles. The van der Waals surface area contributed by atoms with Crippen LogP contribution in [0.25, 0.3) is 0 Å². The molecule has 1 N–H and O–H groups in total. The summed E-state index contributed by atoms with van der Waals surface area (Å²) >= 11 is 0. The summed E-state index contributed by atoms with van der Waals surface area (Å²) in [6.45, 7) is 4.16. The van der Waals surface area contributed by atoms with E-state index in [1.807, 2.05) is 13.0 Å². The molecular weight excluding hydrogens is 254 g/mol. The van der Waals surface area contributed by atoms with Crippen molar-refractivity contribution in [3.63, 3.8) is 0 Å². The van der Waals surface area contributed by atoms with Crippen LogP contribution in [0.3, 0.4) is 0 Å². The van der Waals surface area contributed by atoms with Gasteiger partial charge in [-0.05, 0) is 31.9 Å². The smallest absolute Gasteiger partial charge is 0.252 e. The molecule has 106 valence electrons. The third-order valence-electron chi connectivity index (χ3n) is 2.56. The number of rotatable bonds is 7. The summed E-state index contributed by atoms with van der Waals surface area (Å²) < 4.78 is 5.53. The summed E-state index contributed by atoms with van der Waals surface area (Å²) in [6.07, 6.45) is 5.34. The molecule has 5 nitrogen and oxygen atoms in total. The van der Waals surface area contributed by atoms with Crippen molar-refractivity contribution in [3.05, 3.63) is 30.0 Å².